The van der Waals surface area contributed by atoms with Gasteiger partial charge in [-0.3, -0.25) is 0 Å². The molecule has 4 nitrogen and oxygen atoms in total. The van der Waals surface area contributed by atoms with Crippen LogP contribution in [0.25, 0.3) is 88.3 Å². The van der Waals surface area contributed by atoms with E-state index in [4.69, 9.17) is 13.8 Å². The minimum Gasteiger partial charge on any atom is -0.455 e. The van der Waals surface area contributed by atoms with Crippen molar-refractivity contribution in [1.29, 1.82) is 0 Å². The smallest absolute Gasteiger partial charge is 0.227 e. The normalized spacial score (nSPS) is 11.6. The van der Waals surface area contributed by atoms with Gasteiger partial charge >= 0.3 is 0 Å². The average Bonchev–Trinajstić information content (AvgIpc) is 3.87. The molecular weight excluding hydrogens is 673 g/mol. The highest BCUT2D eigenvalue weighted by atomic mass is 16.3. The van der Waals surface area contributed by atoms with Crippen molar-refractivity contribution >= 4 is 71.6 Å². The Morgan fingerprint density at radius 2 is 1.04 bits per heavy atom. The molecule has 0 N–H and O–H groups in total. The van der Waals surface area contributed by atoms with Crippen LogP contribution < -0.4 is 4.90 Å². The highest BCUT2D eigenvalue weighted by molar-refractivity contribution is 6.19. The topological polar surface area (TPSA) is 42.4 Å². The van der Waals surface area contributed by atoms with Crippen LogP contribution in [0.4, 0.5) is 17.1 Å². The number of hydrogen-bond donors (Lipinski definition) is 0. The summed E-state index contributed by atoms with van der Waals surface area (Å²) in [4.78, 5) is 7.25. The molecule has 0 aliphatic rings. The molecule has 0 fully saturated rings. The number of rotatable bonds is 6. The molecule has 0 spiro atoms. The van der Waals surface area contributed by atoms with Gasteiger partial charge in [-0.2, -0.15) is 0 Å². The van der Waals surface area contributed by atoms with Crippen LogP contribution in [0.2, 0.25) is 0 Å². The van der Waals surface area contributed by atoms with Crippen LogP contribution in [0.15, 0.2) is 203 Å². The molecule has 0 saturated heterocycles. The molecule has 11 rings (SSSR count). The first-order valence-electron chi connectivity index (χ1n) is 18.5. The standard InChI is InChI=1S/C51H32N2O2/c1-4-13-33(14-5-1)44-31-39(28-29-40(44)42-20-12-21-43-41-19-10-11-22-47(41)54-49(42)43)53(37-17-8-3-9-18-37)38-27-25-34-23-24-35-26-30-46-50(48(35)45(34)32-38)55-51(52-46)36-15-6-2-7-16-36/h1-32H. The zero-order chi connectivity index (χ0) is 36.3. The number of oxazole rings is 1. The predicted molar refractivity (Wildman–Crippen MR) is 227 cm³/mol. The number of aromatic nitrogens is 1. The summed E-state index contributed by atoms with van der Waals surface area (Å²) in [5.41, 5.74) is 11.9. The summed E-state index contributed by atoms with van der Waals surface area (Å²) in [6.07, 6.45) is 0. The van der Waals surface area contributed by atoms with E-state index in [1.165, 1.54) is 0 Å². The Bertz CT molecular complexity index is 3200. The van der Waals surface area contributed by atoms with Gasteiger partial charge in [0.2, 0.25) is 5.89 Å². The van der Waals surface area contributed by atoms with E-state index in [1.807, 2.05) is 42.5 Å². The molecule has 4 heteroatoms. The minimum absolute atomic E-state index is 0.619. The SMILES string of the molecule is c1ccc(-c2nc3ccc4ccc5ccc(N(c6ccccc6)c6ccc(-c7cccc8c7oc7ccccc78)c(-c7ccccc7)c6)cc5c4c3o2)cc1. The lowest BCUT2D eigenvalue weighted by molar-refractivity contribution is 0.623. The minimum atomic E-state index is 0.619. The van der Waals surface area contributed by atoms with Gasteiger partial charge in [-0.15, -0.1) is 0 Å². The Kier molecular flexibility index (Phi) is 7.14. The highest BCUT2D eigenvalue weighted by Crippen LogP contribution is 2.45. The zero-order valence-electron chi connectivity index (χ0n) is 29.7. The number of furan rings is 1. The van der Waals surface area contributed by atoms with Crippen LogP contribution in [0.5, 0.6) is 0 Å². The van der Waals surface area contributed by atoms with Crippen LogP contribution in [-0.2, 0) is 0 Å². The van der Waals surface area contributed by atoms with Crippen molar-refractivity contribution < 1.29 is 8.83 Å². The lowest BCUT2D eigenvalue weighted by Crippen LogP contribution is -2.10. The van der Waals surface area contributed by atoms with E-state index in [0.717, 1.165) is 99.5 Å². The molecule has 0 aliphatic heterocycles. The molecule has 0 radical (unpaired) electrons. The van der Waals surface area contributed by atoms with Gasteiger partial charge < -0.3 is 13.7 Å². The molecular formula is C51H32N2O2. The van der Waals surface area contributed by atoms with E-state index in [9.17, 15) is 0 Å². The Morgan fingerprint density at radius 3 is 1.87 bits per heavy atom. The fourth-order valence-corrected chi connectivity index (χ4v) is 8.10. The van der Waals surface area contributed by atoms with Gasteiger partial charge in [0, 0.05) is 44.3 Å². The first-order chi connectivity index (χ1) is 27.3. The molecule has 258 valence electrons. The van der Waals surface area contributed by atoms with E-state index in [1.54, 1.807) is 0 Å². The van der Waals surface area contributed by atoms with Gasteiger partial charge in [-0.05, 0) is 93.5 Å². The van der Waals surface area contributed by atoms with Crippen molar-refractivity contribution in [3.63, 3.8) is 0 Å². The lowest BCUT2D eigenvalue weighted by atomic mass is 9.92. The molecule has 9 aromatic carbocycles. The molecule has 0 unspecified atom stereocenters. The zero-order valence-corrected chi connectivity index (χ0v) is 29.7. The van der Waals surface area contributed by atoms with Crippen molar-refractivity contribution in [3.8, 4) is 33.7 Å². The average molecular weight is 705 g/mol. The number of benzene rings is 9. The molecule has 11 aromatic rings. The molecule has 2 heterocycles. The third kappa shape index (κ3) is 5.19. The number of hydrogen-bond acceptors (Lipinski definition) is 4. The largest absolute Gasteiger partial charge is 0.455 e. The molecule has 0 saturated carbocycles. The van der Waals surface area contributed by atoms with Crippen LogP contribution in [-0.4, -0.2) is 4.98 Å². The number of anilines is 3. The fourth-order valence-electron chi connectivity index (χ4n) is 8.10. The molecule has 0 bridgehead atoms. The molecule has 55 heavy (non-hydrogen) atoms. The molecule has 0 atom stereocenters. The second-order valence-electron chi connectivity index (χ2n) is 13.9. The van der Waals surface area contributed by atoms with Crippen molar-refractivity contribution in [2.24, 2.45) is 0 Å². The van der Waals surface area contributed by atoms with Crippen molar-refractivity contribution in [3.05, 3.63) is 194 Å². The van der Waals surface area contributed by atoms with Gasteiger partial charge in [0.25, 0.3) is 0 Å². The van der Waals surface area contributed by atoms with E-state index < -0.39 is 0 Å². The third-order valence-corrected chi connectivity index (χ3v) is 10.7. The predicted octanol–water partition coefficient (Wildman–Crippen LogP) is 14.5. The van der Waals surface area contributed by atoms with Gasteiger partial charge in [-0.1, -0.05) is 133 Å². The highest BCUT2D eigenvalue weighted by Gasteiger charge is 2.20. The molecule has 0 aliphatic carbocycles. The van der Waals surface area contributed by atoms with Crippen LogP contribution >= 0.6 is 0 Å². The summed E-state index contributed by atoms with van der Waals surface area (Å²) in [5, 5.41) is 6.63. The summed E-state index contributed by atoms with van der Waals surface area (Å²) < 4.78 is 13.1. The van der Waals surface area contributed by atoms with Crippen LogP contribution in [0, 0.1) is 0 Å². The Balaban J connectivity index is 1.13. The monoisotopic (exact) mass is 704 g/mol. The Labute approximate surface area is 317 Å². The summed E-state index contributed by atoms with van der Waals surface area (Å²) in [5.74, 6) is 0.619. The second kappa shape index (κ2) is 12.6. The van der Waals surface area contributed by atoms with E-state index >= 15 is 0 Å². The van der Waals surface area contributed by atoms with Gasteiger partial charge in [0.05, 0.1) is 0 Å². The third-order valence-electron chi connectivity index (χ3n) is 10.7. The maximum Gasteiger partial charge on any atom is 0.227 e. The quantitative estimate of drug-likeness (QED) is 0.162. The van der Waals surface area contributed by atoms with E-state index in [0.29, 0.717) is 5.89 Å². The van der Waals surface area contributed by atoms with Crippen molar-refractivity contribution in [2.75, 3.05) is 4.90 Å². The molecule has 0 amide bonds. The Hall–Kier alpha value is -7.43. The maximum absolute atomic E-state index is 6.58. The van der Waals surface area contributed by atoms with Gasteiger partial charge in [-0.25, -0.2) is 4.98 Å². The van der Waals surface area contributed by atoms with E-state index in [2.05, 4.69) is 157 Å². The summed E-state index contributed by atoms with van der Waals surface area (Å²) >= 11 is 0. The first kappa shape index (κ1) is 31.1. The first-order valence-corrected chi connectivity index (χ1v) is 18.5. The number of fused-ring (bicyclic) bond motifs is 8. The summed E-state index contributed by atoms with van der Waals surface area (Å²) in [7, 11) is 0. The number of nitrogens with zero attached hydrogens (tertiary/aromatic N) is 2. The second-order valence-corrected chi connectivity index (χ2v) is 13.9. The lowest BCUT2D eigenvalue weighted by Gasteiger charge is -2.27. The molecule has 2 aromatic heterocycles. The van der Waals surface area contributed by atoms with Crippen LogP contribution in [0.1, 0.15) is 0 Å². The maximum atomic E-state index is 6.58. The summed E-state index contributed by atoms with van der Waals surface area (Å²) in [6, 6.07) is 68.1. The van der Waals surface area contributed by atoms with E-state index in [-0.39, 0.29) is 0 Å². The van der Waals surface area contributed by atoms with Gasteiger partial charge in [0.1, 0.15) is 16.7 Å². The van der Waals surface area contributed by atoms with Crippen LogP contribution in [0.3, 0.4) is 0 Å². The van der Waals surface area contributed by atoms with Gasteiger partial charge in [0.15, 0.2) is 5.58 Å². The Morgan fingerprint density at radius 1 is 0.382 bits per heavy atom. The number of para-hydroxylation sites is 3. The van der Waals surface area contributed by atoms with Crippen molar-refractivity contribution in [2.45, 2.75) is 0 Å². The fraction of sp³-hybridized carbons (Fsp3) is 0. The summed E-state index contributed by atoms with van der Waals surface area (Å²) in [6.45, 7) is 0. The van der Waals surface area contributed by atoms with Crippen molar-refractivity contribution in [1.82, 2.24) is 4.98 Å².